The molecule has 3 heterocycles. The zero-order valence-electron chi connectivity index (χ0n) is 34.0. The number of hydrogen-bond acceptors (Lipinski definition) is 9. The number of allylic oxidation sites excluding steroid dienone is 1. The number of nitrogens with zero attached hydrogens (tertiary/aromatic N) is 5. The lowest BCUT2D eigenvalue weighted by molar-refractivity contribution is -0.128. The van der Waals surface area contributed by atoms with Crippen LogP contribution < -0.4 is 41.3 Å². The quantitative estimate of drug-likeness (QED) is 0.109. The van der Waals surface area contributed by atoms with E-state index in [9.17, 15) is 9.59 Å². The van der Waals surface area contributed by atoms with Gasteiger partial charge < -0.3 is 35.9 Å². The molecule has 12 nitrogen and oxygen atoms in total. The van der Waals surface area contributed by atoms with Crippen LogP contribution in [-0.2, 0) is 22.7 Å². The number of aromatic nitrogens is 4. The number of ether oxygens (including phenoxy) is 1. The Hall–Kier alpha value is -5.69. The molecule has 1 aliphatic rings. The van der Waals surface area contributed by atoms with E-state index in [1.54, 1.807) is 6.92 Å². The number of nitrogens with two attached hydrogens (primary N) is 1. The molecule has 2 amide bonds. The second-order valence-electron chi connectivity index (χ2n) is 15.7. The van der Waals surface area contributed by atoms with Crippen molar-refractivity contribution in [1.82, 2.24) is 30.6 Å². The molecule has 0 fully saturated rings. The van der Waals surface area contributed by atoms with Crippen molar-refractivity contribution in [2.75, 3.05) is 43.7 Å². The average Bonchev–Trinajstić information content (AvgIpc) is 3.64. The minimum atomic E-state index is -2.27. The Kier molecular flexibility index (Phi) is 11.8. The number of H-pyrrole nitrogens is 1. The molecule has 0 saturated carbocycles. The Morgan fingerprint density at radius 3 is 2.02 bits per heavy atom. The molecule has 5 aromatic rings. The Labute approximate surface area is 331 Å². The molecule has 13 heteroatoms. The zero-order valence-corrected chi connectivity index (χ0v) is 35.0. The number of carbonyl (C=O) groups is 2. The SMILES string of the molecule is CC(NC(=O)CCC=C1c2ccc(N(C)C)cc2[Si](C(C)C)(C(C)C)c2cc(N(C)C)ccc21)C(=O)NCc1ccc(COc2nc(N)nc3nc[nH]c23)cc1. The number of anilines is 3. The van der Waals surface area contributed by atoms with E-state index in [-0.39, 0.29) is 30.8 Å². The Balaban J connectivity index is 1.09. The summed E-state index contributed by atoms with van der Waals surface area (Å²) in [6.07, 6.45) is 4.55. The first-order valence-electron chi connectivity index (χ1n) is 19.3. The highest BCUT2D eigenvalue weighted by Gasteiger charge is 2.49. The standard InChI is InChI=1S/C43H55N9O3Si/c1-26(2)56(27(3)4)36-21-31(51(6)7)17-19-34(36)33(35-20-18-32(52(8)9)22-37(35)56)11-10-12-38(53)48-28(5)41(54)45-23-29-13-15-30(16-14-29)24-55-42-39-40(47-25-46-39)49-43(44)50-42/h11,13-22,25-28H,10,12,23-24H2,1-9H3,(H,45,54)(H,48,53)(H3,44,46,47,49,50). The summed E-state index contributed by atoms with van der Waals surface area (Å²) in [7, 11) is 6.13. The monoisotopic (exact) mass is 773 g/mol. The summed E-state index contributed by atoms with van der Waals surface area (Å²) in [6, 6.07) is 20.9. The van der Waals surface area contributed by atoms with E-state index in [1.807, 2.05) is 24.3 Å². The maximum atomic E-state index is 13.2. The van der Waals surface area contributed by atoms with Crippen LogP contribution in [0.5, 0.6) is 5.88 Å². The predicted octanol–water partition coefficient (Wildman–Crippen LogP) is 5.38. The maximum absolute atomic E-state index is 13.2. The Bertz CT molecular complexity index is 2170. The third-order valence-corrected chi connectivity index (χ3v) is 17.2. The van der Waals surface area contributed by atoms with Crippen molar-refractivity contribution < 1.29 is 14.3 Å². The van der Waals surface area contributed by atoms with Gasteiger partial charge in [0.05, 0.1) is 6.33 Å². The molecule has 294 valence electrons. The molecule has 2 aromatic heterocycles. The molecule has 3 aromatic carbocycles. The van der Waals surface area contributed by atoms with E-state index in [4.69, 9.17) is 10.5 Å². The lowest BCUT2D eigenvalue weighted by atomic mass is 9.94. The van der Waals surface area contributed by atoms with E-state index >= 15 is 0 Å². The summed E-state index contributed by atoms with van der Waals surface area (Å²) in [5.74, 6) is 0.00350. The Morgan fingerprint density at radius 2 is 1.45 bits per heavy atom. The van der Waals surface area contributed by atoms with Gasteiger partial charge in [0.25, 0.3) is 0 Å². The van der Waals surface area contributed by atoms with Crippen LogP contribution in [-0.4, -0.2) is 74.1 Å². The molecule has 1 unspecified atom stereocenters. The zero-order chi connectivity index (χ0) is 40.3. The van der Waals surface area contributed by atoms with E-state index in [0.29, 0.717) is 41.1 Å². The van der Waals surface area contributed by atoms with E-state index in [1.165, 1.54) is 44.8 Å². The fourth-order valence-corrected chi connectivity index (χ4v) is 14.3. The van der Waals surface area contributed by atoms with Gasteiger partial charge in [0.15, 0.2) is 5.65 Å². The van der Waals surface area contributed by atoms with Crippen molar-refractivity contribution in [3.8, 4) is 5.88 Å². The van der Waals surface area contributed by atoms with Gasteiger partial charge in [-0.2, -0.15) is 9.97 Å². The first kappa shape index (κ1) is 40.0. The second kappa shape index (κ2) is 16.6. The third kappa shape index (κ3) is 7.99. The van der Waals surface area contributed by atoms with Gasteiger partial charge in [0.2, 0.25) is 23.6 Å². The number of nitrogen functional groups attached to an aromatic ring is 1. The molecule has 0 saturated heterocycles. The molecule has 0 bridgehead atoms. The number of carbonyl (C=O) groups excluding carboxylic acids is 2. The van der Waals surface area contributed by atoms with Crippen molar-refractivity contribution >= 4 is 64.3 Å². The van der Waals surface area contributed by atoms with Gasteiger partial charge in [-0.05, 0) is 86.9 Å². The topological polar surface area (TPSA) is 154 Å². The number of rotatable bonds is 14. The molecule has 56 heavy (non-hydrogen) atoms. The number of amides is 2. The van der Waals surface area contributed by atoms with Crippen LogP contribution >= 0.6 is 0 Å². The predicted molar refractivity (Wildman–Crippen MR) is 229 cm³/mol. The molecular weight excluding hydrogens is 719 g/mol. The van der Waals surface area contributed by atoms with Crippen molar-refractivity contribution in [2.45, 2.75) is 77.7 Å². The molecular formula is C43H55N9O3Si. The molecule has 0 aliphatic carbocycles. The molecule has 5 N–H and O–H groups in total. The van der Waals surface area contributed by atoms with Crippen molar-refractivity contribution in [1.29, 1.82) is 0 Å². The van der Waals surface area contributed by atoms with Gasteiger partial charge >= 0.3 is 0 Å². The first-order valence-corrected chi connectivity index (χ1v) is 21.4. The fraction of sp³-hybridized carbons (Fsp3) is 0.372. The van der Waals surface area contributed by atoms with Gasteiger partial charge in [-0.3, -0.25) is 9.59 Å². The summed E-state index contributed by atoms with van der Waals surface area (Å²) >= 11 is 0. The molecule has 0 spiro atoms. The number of aromatic amines is 1. The first-order chi connectivity index (χ1) is 26.7. The van der Waals surface area contributed by atoms with E-state index < -0.39 is 14.1 Å². The highest BCUT2D eigenvalue weighted by atomic mass is 28.3. The third-order valence-electron chi connectivity index (χ3n) is 11.0. The lowest BCUT2D eigenvalue weighted by Gasteiger charge is -2.47. The summed E-state index contributed by atoms with van der Waals surface area (Å²) in [6.45, 7) is 11.9. The van der Waals surface area contributed by atoms with Crippen LogP contribution in [0.2, 0.25) is 11.1 Å². The molecule has 1 atom stereocenters. The van der Waals surface area contributed by atoms with Gasteiger partial charge in [0.1, 0.15) is 26.2 Å². The maximum Gasteiger partial charge on any atom is 0.245 e. The summed E-state index contributed by atoms with van der Waals surface area (Å²) in [4.78, 5) is 45.9. The van der Waals surface area contributed by atoms with Crippen LogP contribution in [0.25, 0.3) is 16.7 Å². The van der Waals surface area contributed by atoms with Crippen molar-refractivity contribution in [2.24, 2.45) is 0 Å². The largest absolute Gasteiger partial charge is 0.471 e. The smallest absolute Gasteiger partial charge is 0.245 e. The number of nitrogens with one attached hydrogen (secondary N) is 3. The molecule has 6 rings (SSSR count). The van der Waals surface area contributed by atoms with Gasteiger partial charge in [0, 0.05) is 52.5 Å². The van der Waals surface area contributed by atoms with Crippen molar-refractivity contribution in [3.05, 3.63) is 95.3 Å². The van der Waals surface area contributed by atoms with Crippen LogP contribution in [0, 0.1) is 0 Å². The van der Waals surface area contributed by atoms with Gasteiger partial charge in [-0.15, -0.1) is 0 Å². The van der Waals surface area contributed by atoms with Crippen LogP contribution in [0.1, 0.15) is 69.7 Å². The molecule has 0 radical (unpaired) electrons. The van der Waals surface area contributed by atoms with E-state index in [2.05, 4.69) is 139 Å². The van der Waals surface area contributed by atoms with Gasteiger partial charge in [-0.25, -0.2) is 4.98 Å². The minimum Gasteiger partial charge on any atom is -0.471 e. The second-order valence-corrected chi connectivity index (χ2v) is 20.8. The normalized spacial score (nSPS) is 13.6. The summed E-state index contributed by atoms with van der Waals surface area (Å²) in [5, 5.41) is 8.77. The number of benzene rings is 3. The fourth-order valence-electron chi connectivity index (χ4n) is 8.10. The van der Waals surface area contributed by atoms with Crippen LogP contribution in [0.15, 0.2) is 73.1 Å². The highest BCUT2D eigenvalue weighted by molar-refractivity contribution is 7.05. The number of fused-ring (bicyclic) bond motifs is 3. The number of hydrogen-bond donors (Lipinski definition) is 4. The van der Waals surface area contributed by atoms with Crippen LogP contribution in [0.3, 0.4) is 0 Å². The van der Waals surface area contributed by atoms with E-state index in [0.717, 1.165) is 11.1 Å². The highest BCUT2D eigenvalue weighted by Crippen LogP contribution is 2.42. The molecule has 1 aliphatic heterocycles. The van der Waals surface area contributed by atoms with Crippen LogP contribution in [0.4, 0.5) is 17.3 Å². The van der Waals surface area contributed by atoms with Crippen molar-refractivity contribution in [3.63, 3.8) is 0 Å². The minimum absolute atomic E-state index is 0.0867. The summed E-state index contributed by atoms with van der Waals surface area (Å²) in [5.41, 5.74) is 15.7. The average molecular weight is 774 g/mol. The Morgan fingerprint density at radius 1 is 0.857 bits per heavy atom. The summed E-state index contributed by atoms with van der Waals surface area (Å²) < 4.78 is 5.88. The van der Waals surface area contributed by atoms with Gasteiger partial charge in [-0.1, -0.05) is 70.2 Å². The lowest BCUT2D eigenvalue weighted by Crippen LogP contribution is -2.66. The number of imidazole rings is 1.